The van der Waals surface area contributed by atoms with Crippen molar-refractivity contribution in [3.63, 3.8) is 0 Å². The molecule has 0 unspecified atom stereocenters. The fourth-order valence-corrected chi connectivity index (χ4v) is 7.70. The third-order valence-electron chi connectivity index (χ3n) is 6.66. The van der Waals surface area contributed by atoms with E-state index in [9.17, 15) is 20.0 Å². The van der Waals surface area contributed by atoms with E-state index in [1.165, 1.54) is 17.8 Å². The van der Waals surface area contributed by atoms with E-state index in [4.69, 9.17) is 11.6 Å². The first kappa shape index (κ1) is 23.2. The first-order valence-electron chi connectivity index (χ1n) is 10.8. The number of rotatable bonds is 5. The molecule has 9 heteroatoms. The summed E-state index contributed by atoms with van der Waals surface area (Å²) in [6, 6.07) is 19.7. The number of hydrogen-bond acceptors (Lipinski definition) is 5. The summed E-state index contributed by atoms with van der Waals surface area (Å²) in [7, 11) is 0. The summed E-state index contributed by atoms with van der Waals surface area (Å²) in [5.41, 5.74) is 2.80. The van der Waals surface area contributed by atoms with E-state index in [1.807, 2.05) is 30.3 Å². The number of thioether (sulfide) groups is 1. The molecule has 0 radical (unpaired) electrons. The Morgan fingerprint density at radius 2 is 1.79 bits per heavy atom. The molecule has 6 nitrogen and oxygen atoms in total. The van der Waals surface area contributed by atoms with Gasteiger partial charge in [-0.2, -0.15) is 0 Å². The second-order valence-electron chi connectivity index (χ2n) is 8.47. The normalized spacial score (nSPS) is 25.2. The zero-order valence-corrected chi connectivity index (χ0v) is 20.9. The van der Waals surface area contributed by atoms with Crippen molar-refractivity contribution in [3.8, 4) is 0 Å². The second-order valence-corrected chi connectivity index (χ2v) is 11.1. The van der Waals surface area contributed by atoms with E-state index >= 15 is 0 Å². The summed E-state index contributed by atoms with van der Waals surface area (Å²) in [5, 5.41) is 24.5. The van der Waals surface area contributed by atoms with Gasteiger partial charge in [0.2, 0.25) is 0 Å². The van der Waals surface area contributed by atoms with Crippen molar-refractivity contribution in [2.45, 2.75) is 33.9 Å². The van der Waals surface area contributed by atoms with E-state index in [-0.39, 0.29) is 44.7 Å². The van der Waals surface area contributed by atoms with Gasteiger partial charge in [-0.05, 0) is 41.7 Å². The Bertz CT molecular complexity index is 1290. The van der Waals surface area contributed by atoms with Gasteiger partial charge in [0.05, 0.1) is 32.5 Å². The number of benzene rings is 3. The van der Waals surface area contributed by atoms with Crippen LogP contribution in [-0.4, -0.2) is 26.6 Å². The minimum absolute atomic E-state index is 0.0697. The summed E-state index contributed by atoms with van der Waals surface area (Å²) in [6.07, 6.45) is 0.727. The van der Waals surface area contributed by atoms with Crippen molar-refractivity contribution in [1.82, 2.24) is 0 Å². The molecule has 2 N–H and O–H groups in total. The molecule has 0 saturated heterocycles. The van der Waals surface area contributed by atoms with Crippen LogP contribution >= 0.6 is 39.3 Å². The van der Waals surface area contributed by atoms with Gasteiger partial charge in [0.15, 0.2) is 0 Å². The molecule has 1 aliphatic carbocycles. The molecule has 5 rings (SSSR count). The average molecular weight is 560 g/mol. The minimum atomic E-state index is -0.997. The first-order chi connectivity index (χ1) is 16.4. The van der Waals surface area contributed by atoms with Crippen molar-refractivity contribution >= 4 is 56.6 Å². The van der Waals surface area contributed by atoms with Crippen LogP contribution in [0.4, 0.5) is 11.4 Å². The lowest BCUT2D eigenvalue weighted by molar-refractivity contribution is -0.387. The quantitative estimate of drug-likeness (QED) is 0.197. The molecule has 0 aromatic heterocycles. The summed E-state index contributed by atoms with van der Waals surface area (Å²) < 4.78 is 0.934. The summed E-state index contributed by atoms with van der Waals surface area (Å²) in [6.45, 7) is 0. The highest BCUT2D eigenvalue weighted by Gasteiger charge is 2.51. The van der Waals surface area contributed by atoms with Gasteiger partial charge in [-0.25, -0.2) is 4.79 Å². The van der Waals surface area contributed by atoms with Gasteiger partial charge in [-0.1, -0.05) is 58.4 Å². The fourth-order valence-electron chi connectivity index (χ4n) is 5.23. The van der Waals surface area contributed by atoms with Crippen LogP contribution in [0.1, 0.15) is 39.9 Å². The largest absolute Gasteiger partial charge is 0.478 e. The number of hydrogen-bond donors (Lipinski definition) is 2. The highest BCUT2D eigenvalue weighted by atomic mass is 79.9. The van der Waals surface area contributed by atoms with Crippen molar-refractivity contribution in [3.05, 3.63) is 98.0 Å². The number of nitrogens with one attached hydrogen (secondary N) is 1. The maximum Gasteiger partial charge on any atom is 0.337 e. The van der Waals surface area contributed by atoms with Crippen LogP contribution in [0.3, 0.4) is 0 Å². The predicted octanol–water partition coefficient (Wildman–Crippen LogP) is 7.09. The minimum Gasteiger partial charge on any atom is -0.478 e. The SMILES string of the molecule is O=C(O)c1cccc2c1N[C@H](c1ccccc1Br)[C@@H]1C[C@H](Sc3ccccc3[N+](=O)[O-])[C@@H](Cl)[C@H]21. The van der Waals surface area contributed by atoms with Crippen LogP contribution in [-0.2, 0) is 0 Å². The van der Waals surface area contributed by atoms with Crippen molar-refractivity contribution in [2.24, 2.45) is 5.92 Å². The topological polar surface area (TPSA) is 92.5 Å². The third kappa shape index (κ3) is 3.97. The number of nitro benzene ring substituents is 1. The molecule has 0 amide bonds. The molecule has 1 heterocycles. The van der Waals surface area contributed by atoms with Crippen LogP contribution in [0.5, 0.6) is 0 Å². The molecule has 3 aromatic carbocycles. The lowest BCUT2D eigenvalue weighted by Gasteiger charge is -2.39. The Balaban J connectivity index is 1.59. The summed E-state index contributed by atoms with van der Waals surface area (Å²) >= 11 is 12.2. The number of fused-ring (bicyclic) bond motifs is 3. The number of carboxylic acid groups (broad SMARTS) is 1. The predicted molar refractivity (Wildman–Crippen MR) is 137 cm³/mol. The third-order valence-corrected chi connectivity index (χ3v) is 9.49. The first-order valence-corrected chi connectivity index (χ1v) is 12.9. The van der Waals surface area contributed by atoms with Gasteiger partial charge >= 0.3 is 5.97 Å². The van der Waals surface area contributed by atoms with Gasteiger partial charge in [-0.3, -0.25) is 10.1 Å². The number of halogens is 2. The molecule has 0 bridgehead atoms. The second kappa shape index (κ2) is 9.24. The Kier molecular flexibility index (Phi) is 6.31. The van der Waals surface area contributed by atoms with Crippen LogP contribution < -0.4 is 5.32 Å². The lowest BCUT2D eigenvalue weighted by Crippen LogP contribution is -2.32. The number of nitro groups is 1. The molecule has 1 fully saturated rings. The molecule has 1 aliphatic heterocycles. The van der Waals surface area contributed by atoms with E-state index in [2.05, 4.69) is 21.2 Å². The number of anilines is 1. The lowest BCUT2D eigenvalue weighted by atomic mass is 9.76. The van der Waals surface area contributed by atoms with Crippen molar-refractivity contribution in [1.29, 1.82) is 0 Å². The van der Waals surface area contributed by atoms with Gasteiger partial charge < -0.3 is 10.4 Å². The molecule has 3 aromatic rings. The number of para-hydroxylation sites is 2. The van der Waals surface area contributed by atoms with Crippen LogP contribution in [0.2, 0.25) is 0 Å². The maximum atomic E-state index is 12.0. The Morgan fingerprint density at radius 1 is 1.09 bits per heavy atom. The van der Waals surface area contributed by atoms with E-state index < -0.39 is 5.97 Å². The Hall–Kier alpha value is -2.55. The number of alkyl halides is 1. The maximum absolute atomic E-state index is 12.0. The van der Waals surface area contributed by atoms with E-state index in [0.29, 0.717) is 10.6 Å². The van der Waals surface area contributed by atoms with Gasteiger partial charge in [-0.15, -0.1) is 23.4 Å². The number of nitrogens with zero attached hydrogens (tertiary/aromatic N) is 1. The van der Waals surface area contributed by atoms with E-state index in [0.717, 1.165) is 22.0 Å². The molecule has 5 atom stereocenters. The highest BCUT2D eigenvalue weighted by molar-refractivity contribution is 9.10. The van der Waals surface area contributed by atoms with Crippen molar-refractivity contribution in [2.75, 3.05) is 5.32 Å². The van der Waals surface area contributed by atoms with Gasteiger partial charge in [0, 0.05) is 21.7 Å². The number of carboxylic acids is 1. The van der Waals surface area contributed by atoms with Gasteiger partial charge in [0.1, 0.15) is 0 Å². The Morgan fingerprint density at radius 3 is 2.53 bits per heavy atom. The van der Waals surface area contributed by atoms with Gasteiger partial charge in [0.25, 0.3) is 5.69 Å². The highest BCUT2D eigenvalue weighted by Crippen LogP contribution is 2.59. The molecular weight excluding hydrogens is 540 g/mol. The monoisotopic (exact) mass is 558 g/mol. The fraction of sp³-hybridized carbons (Fsp3) is 0.240. The Labute approximate surface area is 214 Å². The van der Waals surface area contributed by atoms with Crippen LogP contribution in [0.25, 0.3) is 0 Å². The standard InChI is InChI=1S/C25H20BrClN2O4S/c26-17-9-2-1-6-13(17)23-16-12-20(34-19-11-4-3-10-18(19)29(32)33)22(27)21(16)14-7-5-8-15(25(30)31)24(14)28-23/h1-11,16,20-23,28H,12H2,(H,30,31)/t16-,20+,21-,22-,23-/m1/s1. The van der Waals surface area contributed by atoms with E-state index in [1.54, 1.807) is 30.3 Å². The summed E-state index contributed by atoms with van der Waals surface area (Å²) in [5.74, 6) is -1.02. The molecular formula is C25H20BrClN2O4S. The average Bonchev–Trinajstić information content (AvgIpc) is 3.15. The number of aromatic carboxylic acids is 1. The number of carbonyl (C=O) groups is 1. The van der Waals surface area contributed by atoms with Crippen molar-refractivity contribution < 1.29 is 14.8 Å². The zero-order valence-electron chi connectivity index (χ0n) is 17.7. The molecule has 1 saturated carbocycles. The van der Waals surface area contributed by atoms with Crippen LogP contribution in [0, 0.1) is 16.0 Å². The zero-order chi connectivity index (χ0) is 24.0. The smallest absolute Gasteiger partial charge is 0.337 e. The molecule has 174 valence electrons. The van der Waals surface area contributed by atoms with Crippen LogP contribution in [0.15, 0.2) is 76.1 Å². The molecule has 2 aliphatic rings. The summed E-state index contributed by atoms with van der Waals surface area (Å²) in [4.78, 5) is 23.8. The molecule has 0 spiro atoms. The molecule has 34 heavy (non-hydrogen) atoms.